The molecule has 0 radical (unpaired) electrons. The summed E-state index contributed by atoms with van der Waals surface area (Å²) in [5.41, 5.74) is 5.47. The molecule has 0 heterocycles. The zero-order valence-electron chi connectivity index (χ0n) is 17.4. The van der Waals surface area contributed by atoms with E-state index >= 15 is 0 Å². The molecule has 2 N–H and O–H groups in total. The smallest absolute Gasteiger partial charge is 0.343 e. The van der Waals surface area contributed by atoms with Crippen LogP contribution in [-0.2, 0) is 9.59 Å². The number of hydrazone groups is 1. The molecule has 0 spiro atoms. The topological polar surface area (TPSA) is 96.9 Å². The van der Waals surface area contributed by atoms with Gasteiger partial charge >= 0.3 is 17.8 Å². The third-order valence-corrected chi connectivity index (χ3v) is 4.81. The van der Waals surface area contributed by atoms with Crippen LogP contribution in [0.3, 0.4) is 0 Å². The maximum atomic E-state index is 12.5. The van der Waals surface area contributed by atoms with Gasteiger partial charge in [-0.15, -0.1) is 0 Å². The van der Waals surface area contributed by atoms with Gasteiger partial charge in [0.05, 0.1) is 11.8 Å². The number of carbonyl (C=O) groups excluding carboxylic acids is 3. The maximum Gasteiger partial charge on any atom is 0.343 e. The van der Waals surface area contributed by atoms with E-state index in [1.54, 1.807) is 48.5 Å². The molecule has 0 aliphatic heterocycles. The zero-order valence-corrected chi connectivity index (χ0v) is 19.0. The lowest BCUT2D eigenvalue weighted by atomic mass is 10.1. The van der Waals surface area contributed by atoms with Crippen LogP contribution in [0.1, 0.15) is 27.0 Å². The Morgan fingerprint density at radius 1 is 0.906 bits per heavy atom. The van der Waals surface area contributed by atoms with Crippen molar-refractivity contribution >= 4 is 45.6 Å². The molecule has 0 aliphatic rings. The van der Waals surface area contributed by atoms with Crippen molar-refractivity contribution in [1.29, 1.82) is 0 Å². The Balaban J connectivity index is 1.66. The monoisotopic (exact) mass is 493 g/mol. The predicted molar refractivity (Wildman–Crippen MR) is 126 cm³/mol. The summed E-state index contributed by atoms with van der Waals surface area (Å²) in [5, 5.41) is 6.30. The lowest BCUT2D eigenvalue weighted by molar-refractivity contribution is -0.136. The van der Waals surface area contributed by atoms with Gasteiger partial charge in [0.15, 0.2) is 0 Å². The Bertz CT molecular complexity index is 1190. The molecular weight excluding hydrogens is 474 g/mol. The van der Waals surface area contributed by atoms with Crippen molar-refractivity contribution in [2.75, 3.05) is 5.32 Å². The number of anilines is 1. The van der Waals surface area contributed by atoms with Crippen LogP contribution in [0.25, 0.3) is 0 Å². The molecule has 0 atom stereocenters. The van der Waals surface area contributed by atoms with Crippen LogP contribution >= 0.6 is 15.9 Å². The van der Waals surface area contributed by atoms with Gasteiger partial charge in [0, 0.05) is 15.7 Å². The molecule has 8 heteroatoms. The summed E-state index contributed by atoms with van der Waals surface area (Å²) in [4.78, 5) is 36.5. The number of nitrogens with zero attached hydrogens (tertiary/aromatic N) is 1. The van der Waals surface area contributed by atoms with E-state index in [1.807, 2.05) is 32.0 Å². The number of halogens is 1. The van der Waals surface area contributed by atoms with Crippen molar-refractivity contribution in [3.63, 3.8) is 0 Å². The fraction of sp³-hybridized carbons (Fsp3) is 0.0833. The van der Waals surface area contributed by atoms with Crippen molar-refractivity contribution in [2.45, 2.75) is 13.8 Å². The van der Waals surface area contributed by atoms with Crippen molar-refractivity contribution in [3.8, 4) is 5.75 Å². The molecule has 3 rings (SSSR count). The molecule has 7 nitrogen and oxygen atoms in total. The number of esters is 1. The van der Waals surface area contributed by atoms with Gasteiger partial charge in [0.1, 0.15) is 5.75 Å². The summed E-state index contributed by atoms with van der Waals surface area (Å²) in [6.07, 6.45) is 1.29. The second kappa shape index (κ2) is 10.5. The number of benzene rings is 3. The van der Waals surface area contributed by atoms with Crippen LogP contribution in [0.15, 0.2) is 76.3 Å². The van der Waals surface area contributed by atoms with E-state index in [0.29, 0.717) is 16.8 Å². The second-order valence-electron chi connectivity index (χ2n) is 6.96. The molecule has 0 bridgehead atoms. The van der Waals surface area contributed by atoms with E-state index in [0.717, 1.165) is 15.6 Å². The highest BCUT2D eigenvalue weighted by Crippen LogP contribution is 2.23. The number of aryl methyl sites for hydroxylation is 2. The Hall–Kier alpha value is -3.78. The predicted octanol–water partition coefficient (Wildman–Crippen LogP) is 4.37. The van der Waals surface area contributed by atoms with Crippen LogP contribution in [-0.4, -0.2) is 24.0 Å². The number of hydrogen-bond donors (Lipinski definition) is 2. The van der Waals surface area contributed by atoms with Crippen molar-refractivity contribution < 1.29 is 19.1 Å². The molecule has 0 aliphatic carbocycles. The highest BCUT2D eigenvalue weighted by molar-refractivity contribution is 9.10. The Kier molecular flexibility index (Phi) is 7.51. The van der Waals surface area contributed by atoms with E-state index < -0.39 is 17.8 Å². The minimum atomic E-state index is -0.935. The van der Waals surface area contributed by atoms with E-state index in [4.69, 9.17) is 4.74 Å². The van der Waals surface area contributed by atoms with Gasteiger partial charge in [0.25, 0.3) is 0 Å². The summed E-state index contributed by atoms with van der Waals surface area (Å²) < 4.78 is 6.21. The Morgan fingerprint density at radius 2 is 1.66 bits per heavy atom. The van der Waals surface area contributed by atoms with E-state index in [2.05, 4.69) is 31.8 Å². The molecule has 0 saturated heterocycles. The largest absolute Gasteiger partial charge is 0.422 e. The third kappa shape index (κ3) is 6.36. The first kappa shape index (κ1) is 22.9. The zero-order chi connectivity index (χ0) is 23.1. The standard InChI is InChI=1S/C24H20BrN3O4/c1-15-6-9-20(10-7-15)27-22(29)23(30)28-26-14-18-13-19(25)8-11-21(18)32-24(31)17-5-3-4-16(2)12-17/h3-14H,1-2H3,(H,27,29)(H,28,30). The number of hydrogen-bond acceptors (Lipinski definition) is 5. The van der Waals surface area contributed by atoms with Crippen molar-refractivity contribution in [2.24, 2.45) is 5.10 Å². The average molecular weight is 494 g/mol. The van der Waals surface area contributed by atoms with E-state index in [9.17, 15) is 14.4 Å². The van der Waals surface area contributed by atoms with Crippen LogP contribution in [0.2, 0.25) is 0 Å². The average Bonchev–Trinajstić information content (AvgIpc) is 2.77. The van der Waals surface area contributed by atoms with Crippen molar-refractivity contribution in [1.82, 2.24) is 5.43 Å². The quantitative estimate of drug-likeness (QED) is 0.181. The van der Waals surface area contributed by atoms with Gasteiger partial charge in [-0.2, -0.15) is 5.10 Å². The van der Waals surface area contributed by atoms with Crippen LogP contribution in [0, 0.1) is 13.8 Å². The first-order valence-corrected chi connectivity index (χ1v) is 10.4. The van der Waals surface area contributed by atoms with Crippen molar-refractivity contribution in [3.05, 3.63) is 93.5 Å². The fourth-order valence-electron chi connectivity index (χ4n) is 2.68. The fourth-order valence-corrected chi connectivity index (χ4v) is 3.06. The summed E-state index contributed by atoms with van der Waals surface area (Å²) in [6, 6.07) is 19.0. The molecule has 0 saturated carbocycles. The minimum absolute atomic E-state index is 0.252. The van der Waals surface area contributed by atoms with Gasteiger partial charge in [-0.3, -0.25) is 9.59 Å². The molecular formula is C24H20BrN3O4. The number of ether oxygens (including phenoxy) is 1. The summed E-state index contributed by atoms with van der Waals surface area (Å²) in [7, 11) is 0. The molecule has 0 unspecified atom stereocenters. The second-order valence-corrected chi connectivity index (χ2v) is 7.88. The molecule has 3 aromatic carbocycles. The van der Waals surface area contributed by atoms with Gasteiger partial charge < -0.3 is 10.1 Å². The molecule has 3 aromatic rings. The number of carbonyl (C=O) groups is 3. The SMILES string of the molecule is Cc1ccc(NC(=O)C(=O)NN=Cc2cc(Br)ccc2OC(=O)c2cccc(C)c2)cc1. The Labute approximate surface area is 193 Å². The van der Waals surface area contributed by atoms with E-state index in [1.165, 1.54) is 6.21 Å². The summed E-state index contributed by atoms with van der Waals surface area (Å²) >= 11 is 3.35. The summed E-state index contributed by atoms with van der Waals surface area (Å²) in [5.74, 6) is -2.06. The van der Waals surface area contributed by atoms with E-state index in [-0.39, 0.29) is 5.75 Å². The first-order chi connectivity index (χ1) is 15.3. The highest BCUT2D eigenvalue weighted by atomic mass is 79.9. The molecule has 2 amide bonds. The van der Waals surface area contributed by atoms with Gasteiger partial charge in [-0.25, -0.2) is 10.2 Å². The Morgan fingerprint density at radius 3 is 2.38 bits per heavy atom. The highest BCUT2D eigenvalue weighted by Gasteiger charge is 2.14. The summed E-state index contributed by atoms with van der Waals surface area (Å²) in [6.45, 7) is 3.80. The van der Waals surface area contributed by atoms with Gasteiger partial charge in [0.2, 0.25) is 0 Å². The van der Waals surface area contributed by atoms with Gasteiger partial charge in [-0.1, -0.05) is 51.3 Å². The lowest BCUT2D eigenvalue weighted by Crippen LogP contribution is -2.32. The third-order valence-electron chi connectivity index (χ3n) is 4.31. The lowest BCUT2D eigenvalue weighted by Gasteiger charge is -2.08. The number of nitrogens with one attached hydrogen (secondary N) is 2. The normalized spacial score (nSPS) is 10.6. The molecule has 0 fully saturated rings. The first-order valence-electron chi connectivity index (χ1n) is 9.61. The van der Waals surface area contributed by atoms with Crippen LogP contribution in [0.4, 0.5) is 5.69 Å². The van der Waals surface area contributed by atoms with Crippen LogP contribution in [0.5, 0.6) is 5.75 Å². The molecule has 162 valence electrons. The van der Waals surface area contributed by atoms with Gasteiger partial charge in [-0.05, 0) is 56.3 Å². The number of amides is 2. The maximum absolute atomic E-state index is 12.5. The van der Waals surface area contributed by atoms with Crippen LogP contribution < -0.4 is 15.5 Å². The molecule has 32 heavy (non-hydrogen) atoms. The number of rotatable bonds is 5. The molecule has 0 aromatic heterocycles. The minimum Gasteiger partial charge on any atom is -0.422 e.